The van der Waals surface area contributed by atoms with Gasteiger partial charge in [0.25, 0.3) is 0 Å². The fraction of sp³-hybridized carbons (Fsp3) is 0.939. The number of carbonyl (C=O) groups excluding carboxylic acids is 4. The Morgan fingerprint density at radius 3 is 0.894 bits per heavy atom. The molecule has 3 N–H and O–H groups in total. The van der Waals surface area contributed by atoms with Gasteiger partial charge in [0.05, 0.1) is 26.4 Å². The summed E-state index contributed by atoms with van der Waals surface area (Å²) < 4.78 is 68.0. The van der Waals surface area contributed by atoms with E-state index in [9.17, 15) is 43.2 Å². The highest BCUT2D eigenvalue weighted by Crippen LogP contribution is 2.45. The largest absolute Gasteiger partial charge is 0.472 e. The molecule has 0 aliphatic rings. The molecule has 0 amide bonds. The third-order valence-corrected chi connectivity index (χ3v) is 17.4. The molecule has 19 heteroatoms. The van der Waals surface area contributed by atoms with Gasteiger partial charge in [-0.25, -0.2) is 9.13 Å². The van der Waals surface area contributed by atoms with Crippen LogP contribution in [0.15, 0.2) is 0 Å². The van der Waals surface area contributed by atoms with Crippen LogP contribution in [0.1, 0.15) is 325 Å². The lowest BCUT2D eigenvalue weighted by Crippen LogP contribution is -2.30. The molecule has 6 atom stereocenters. The van der Waals surface area contributed by atoms with E-state index in [-0.39, 0.29) is 25.7 Å². The van der Waals surface area contributed by atoms with Gasteiger partial charge in [-0.1, -0.05) is 273 Å². The number of phosphoric acid groups is 2. The fourth-order valence-electron chi connectivity index (χ4n) is 9.80. The average Bonchev–Trinajstić information content (AvgIpc) is 3.48. The number of unbranched alkanes of at least 4 members (excludes halogenated alkanes) is 31. The predicted molar refractivity (Wildman–Crippen MR) is 340 cm³/mol. The van der Waals surface area contributed by atoms with Crippen molar-refractivity contribution < 1.29 is 80.2 Å². The maximum absolute atomic E-state index is 13.0. The van der Waals surface area contributed by atoms with E-state index < -0.39 is 97.5 Å². The Morgan fingerprint density at radius 1 is 0.341 bits per heavy atom. The third-order valence-electron chi connectivity index (χ3n) is 15.5. The Morgan fingerprint density at radius 2 is 0.600 bits per heavy atom. The lowest BCUT2D eigenvalue weighted by Gasteiger charge is -2.21. The molecule has 0 heterocycles. The fourth-order valence-corrected chi connectivity index (χ4v) is 11.4. The molecule has 504 valence electrons. The molecule has 0 aromatic heterocycles. The first kappa shape index (κ1) is 83.1. The molecule has 0 fully saturated rings. The number of phosphoric ester groups is 2. The highest BCUT2D eigenvalue weighted by molar-refractivity contribution is 7.47. The first-order chi connectivity index (χ1) is 40.8. The summed E-state index contributed by atoms with van der Waals surface area (Å²) in [6.07, 6.45) is 39.0. The Bertz CT molecular complexity index is 1680. The molecule has 0 saturated heterocycles. The van der Waals surface area contributed by atoms with Gasteiger partial charge in [0, 0.05) is 25.7 Å². The van der Waals surface area contributed by atoms with Crippen LogP contribution in [-0.4, -0.2) is 96.7 Å². The van der Waals surface area contributed by atoms with Crippen LogP contribution in [0.4, 0.5) is 0 Å². The van der Waals surface area contributed by atoms with Crippen LogP contribution in [0.3, 0.4) is 0 Å². The van der Waals surface area contributed by atoms with Gasteiger partial charge in [-0.2, -0.15) is 0 Å². The second-order valence-electron chi connectivity index (χ2n) is 25.1. The van der Waals surface area contributed by atoms with E-state index in [2.05, 4.69) is 48.5 Å². The van der Waals surface area contributed by atoms with Crippen LogP contribution < -0.4 is 0 Å². The normalized spacial score (nSPS) is 14.6. The number of esters is 4. The number of rotatable bonds is 64. The maximum Gasteiger partial charge on any atom is 0.472 e. The van der Waals surface area contributed by atoms with Gasteiger partial charge in [0.2, 0.25) is 0 Å². The minimum Gasteiger partial charge on any atom is -0.462 e. The van der Waals surface area contributed by atoms with Crippen LogP contribution in [0.2, 0.25) is 0 Å². The molecule has 0 bridgehead atoms. The molecule has 0 spiro atoms. The summed E-state index contributed by atoms with van der Waals surface area (Å²) in [6.45, 7) is 11.7. The van der Waals surface area contributed by atoms with Gasteiger partial charge >= 0.3 is 39.5 Å². The molecular formula is C66H128O17P2. The first-order valence-electron chi connectivity index (χ1n) is 34.4. The molecule has 17 nitrogen and oxygen atoms in total. The summed E-state index contributed by atoms with van der Waals surface area (Å²) in [4.78, 5) is 72.3. The maximum atomic E-state index is 13.0. The van der Waals surface area contributed by atoms with E-state index in [1.807, 2.05) is 0 Å². The van der Waals surface area contributed by atoms with Gasteiger partial charge in [0.1, 0.15) is 19.3 Å². The van der Waals surface area contributed by atoms with E-state index in [1.54, 1.807) is 0 Å². The standard InChI is InChI=1S/C66H128O17P2/c1-8-10-11-12-13-25-33-40-47-63(68)76-54-62(83-66(71)50-43-36-29-28-32-39-46-59(7)9-2)56-81-85(74,75)79-52-60(67)51-78-84(72,73)80-55-61(53-77-64(69)48-41-34-26-21-18-17-20-24-31-38-45-58(5)6)82-65(70)49-42-35-27-22-16-14-15-19-23-30-37-44-57(3)4/h57-62,67H,8-56H2,1-7H3,(H,72,73)(H,74,75)/t59?,60-,61-,62-/m1/s1. The quantitative estimate of drug-likeness (QED) is 0.0222. The van der Waals surface area contributed by atoms with Crippen molar-refractivity contribution in [3.05, 3.63) is 0 Å². The van der Waals surface area contributed by atoms with Gasteiger partial charge in [0.15, 0.2) is 12.2 Å². The van der Waals surface area contributed by atoms with Crippen molar-refractivity contribution >= 4 is 39.5 Å². The van der Waals surface area contributed by atoms with Crippen LogP contribution in [0.25, 0.3) is 0 Å². The highest BCUT2D eigenvalue weighted by atomic mass is 31.2. The Balaban J connectivity index is 5.24. The Labute approximate surface area is 517 Å². The van der Waals surface area contributed by atoms with Crippen molar-refractivity contribution in [3.8, 4) is 0 Å². The van der Waals surface area contributed by atoms with E-state index in [0.717, 1.165) is 114 Å². The SMILES string of the molecule is CCCCCCCCCCC(=O)OC[C@H](COP(=O)(O)OC[C@H](O)COP(=O)(O)OC[C@@H](COC(=O)CCCCCCCCCCCCC(C)C)OC(=O)CCCCCCCCCCCCCC(C)C)OC(=O)CCCCCCCCC(C)CC. The van der Waals surface area contributed by atoms with E-state index >= 15 is 0 Å². The molecule has 0 rings (SSSR count). The van der Waals surface area contributed by atoms with E-state index in [1.165, 1.54) is 128 Å². The van der Waals surface area contributed by atoms with Crippen molar-refractivity contribution in [3.63, 3.8) is 0 Å². The predicted octanol–water partition coefficient (Wildman–Crippen LogP) is 18.3. The van der Waals surface area contributed by atoms with E-state index in [4.69, 9.17) is 37.0 Å². The van der Waals surface area contributed by atoms with Crippen LogP contribution in [0.5, 0.6) is 0 Å². The molecule has 0 aromatic rings. The molecule has 0 aliphatic carbocycles. The molecule has 0 aliphatic heterocycles. The van der Waals surface area contributed by atoms with Crippen LogP contribution in [0, 0.1) is 17.8 Å². The first-order valence-corrected chi connectivity index (χ1v) is 37.4. The van der Waals surface area contributed by atoms with Crippen molar-refractivity contribution in [2.75, 3.05) is 39.6 Å². The minimum atomic E-state index is -4.95. The zero-order valence-electron chi connectivity index (χ0n) is 55.1. The summed E-state index contributed by atoms with van der Waals surface area (Å²) in [7, 11) is -9.89. The van der Waals surface area contributed by atoms with Gasteiger partial charge < -0.3 is 33.8 Å². The Kier molecular flexibility index (Phi) is 55.9. The monoisotopic (exact) mass is 1250 g/mol. The second-order valence-corrected chi connectivity index (χ2v) is 28.0. The summed E-state index contributed by atoms with van der Waals surface area (Å²) in [5, 5.41) is 10.5. The van der Waals surface area contributed by atoms with E-state index in [0.29, 0.717) is 25.7 Å². The zero-order valence-corrected chi connectivity index (χ0v) is 56.9. The molecule has 3 unspecified atom stereocenters. The molecule has 0 saturated carbocycles. The van der Waals surface area contributed by atoms with Crippen LogP contribution >= 0.6 is 15.6 Å². The van der Waals surface area contributed by atoms with Gasteiger partial charge in [-0.15, -0.1) is 0 Å². The van der Waals surface area contributed by atoms with Gasteiger partial charge in [-0.05, 0) is 43.4 Å². The second kappa shape index (κ2) is 57.2. The van der Waals surface area contributed by atoms with Crippen molar-refractivity contribution in [1.82, 2.24) is 0 Å². The lowest BCUT2D eigenvalue weighted by molar-refractivity contribution is -0.161. The number of aliphatic hydroxyl groups is 1. The van der Waals surface area contributed by atoms with Gasteiger partial charge in [-0.3, -0.25) is 37.3 Å². The number of aliphatic hydroxyl groups excluding tert-OH is 1. The lowest BCUT2D eigenvalue weighted by atomic mass is 10.00. The molecule has 0 aromatic carbocycles. The smallest absolute Gasteiger partial charge is 0.462 e. The van der Waals surface area contributed by atoms with Crippen molar-refractivity contribution in [2.24, 2.45) is 17.8 Å². The number of hydrogen-bond acceptors (Lipinski definition) is 15. The average molecular weight is 1260 g/mol. The third kappa shape index (κ3) is 59.5. The summed E-state index contributed by atoms with van der Waals surface area (Å²) in [5.74, 6) is 0.107. The summed E-state index contributed by atoms with van der Waals surface area (Å²) in [6, 6.07) is 0. The summed E-state index contributed by atoms with van der Waals surface area (Å²) >= 11 is 0. The minimum absolute atomic E-state index is 0.102. The number of carbonyl (C=O) groups is 4. The molecule has 0 radical (unpaired) electrons. The number of ether oxygens (including phenoxy) is 4. The topological polar surface area (TPSA) is 237 Å². The summed E-state index contributed by atoms with van der Waals surface area (Å²) in [5.41, 5.74) is 0. The molecular weight excluding hydrogens is 1130 g/mol. The molecule has 85 heavy (non-hydrogen) atoms. The highest BCUT2D eigenvalue weighted by Gasteiger charge is 2.30. The van der Waals surface area contributed by atoms with Crippen LogP contribution in [-0.2, 0) is 65.4 Å². The van der Waals surface area contributed by atoms with Crippen molar-refractivity contribution in [1.29, 1.82) is 0 Å². The zero-order chi connectivity index (χ0) is 63.1. The number of hydrogen-bond donors (Lipinski definition) is 3. The van der Waals surface area contributed by atoms with Crippen molar-refractivity contribution in [2.45, 2.75) is 343 Å². The Hall–Kier alpha value is -1.94.